The fourth-order valence-corrected chi connectivity index (χ4v) is 7.68. The van der Waals surface area contributed by atoms with Gasteiger partial charge in [-0.3, -0.25) is 9.59 Å². The lowest BCUT2D eigenvalue weighted by Gasteiger charge is -2.30. The van der Waals surface area contributed by atoms with Crippen LogP contribution >= 0.6 is 11.6 Å². The maximum Gasteiger partial charge on any atom is 0.407 e. The van der Waals surface area contributed by atoms with E-state index in [0.29, 0.717) is 35.6 Å². The van der Waals surface area contributed by atoms with Crippen LogP contribution in [0.3, 0.4) is 0 Å². The van der Waals surface area contributed by atoms with Crippen molar-refractivity contribution in [2.45, 2.75) is 77.5 Å². The number of aromatic amines is 2. The minimum atomic E-state index is -0.724. The molecule has 2 fully saturated rings. The van der Waals surface area contributed by atoms with Gasteiger partial charge in [0.25, 0.3) is 0 Å². The van der Waals surface area contributed by atoms with E-state index in [2.05, 4.69) is 42.7 Å². The van der Waals surface area contributed by atoms with Gasteiger partial charge in [-0.15, -0.1) is 0 Å². The molecule has 2 saturated heterocycles. The van der Waals surface area contributed by atoms with Gasteiger partial charge in [-0.1, -0.05) is 87.8 Å². The molecule has 0 saturated carbocycles. The lowest BCUT2D eigenvalue weighted by molar-refractivity contribution is -0.136. The molecule has 55 heavy (non-hydrogen) atoms. The van der Waals surface area contributed by atoms with Gasteiger partial charge in [0.15, 0.2) is 5.15 Å². The van der Waals surface area contributed by atoms with E-state index < -0.39 is 24.3 Å². The molecular formula is C40H49ClN8O6. The van der Waals surface area contributed by atoms with E-state index in [-0.39, 0.29) is 35.7 Å². The van der Waals surface area contributed by atoms with Crippen LogP contribution in [0.25, 0.3) is 33.6 Å². The average molecular weight is 773 g/mol. The first-order chi connectivity index (χ1) is 26.4. The Bertz CT molecular complexity index is 1990. The second-order valence-corrected chi connectivity index (χ2v) is 15.1. The fraction of sp³-hybridized carbons (Fsp3) is 0.450. The zero-order valence-corrected chi connectivity index (χ0v) is 32.8. The lowest BCUT2D eigenvalue weighted by atomic mass is 10.0. The molecule has 0 aliphatic carbocycles. The standard InChI is InChI=1S/C40H49ClN8O6/c1-22(2)31(45-39(52)54-5)37(50)48-19-7-9-29(48)35-42-21-28(43-35)26-15-11-24(12-16-26)25-13-17-27(18-14-25)33-34(41)47-36(44-33)30-10-8-20-49(30)38(51)32(23(3)4)46-40(53)55-6/h11-18,21-23,29-32H,7-10,19-20H2,1-6H3,(H,42,43)(H,44,47)(H,45,52)(H,46,53)/t29-,30-,31-,32-/m0/s1. The molecule has 15 heteroatoms. The summed E-state index contributed by atoms with van der Waals surface area (Å²) in [5.74, 6) is 0.746. The van der Waals surface area contributed by atoms with Crippen molar-refractivity contribution in [1.29, 1.82) is 0 Å². The van der Waals surface area contributed by atoms with Gasteiger partial charge >= 0.3 is 12.2 Å². The van der Waals surface area contributed by atoms with E-state index in [1.165, 1.54) is 14.2 Å². The number of likely N-dealkylation sites (tertiary alicyclic amines) is 2. The number of rotatable bonds is 11. The third-order valence-electron chi connectivity index (χ3n) is 10.5. The number of H-pyrrole nitrogens is 2. The second-order valence-electron chi connectivity index (χ2n) is 14.7. The van der Waals surface area contributed by atoms with Crippen molar-refractivity contribution in [2.75, 3.05) is 27.3 Å². The number of hydrogen-bond donors (Lipinski definition) is 4. The van der Waals surface area contributed by atoms with Crippen molar-refractivity contribution in [3.63, 3.8) is 0 Å². The van der Waals surface area contributed by atoms with Gasteiger partial charge in [0.1, 0.15) is 23.7 Å². The van der Waals surface area contributed by atoms with Gasteiger partial charge in [0, 0.05) is 18.7 Å². The Balaban J connectivity index is 1.13. The molecule has 6 rings (SSSR count). The van der Waals surface area contributed by atoms with Crippen LogP contribution in [0, 0.1) is 11.8 Å². The molecule has 0 unspecified atom stereocenters. The molecule has 2 aliphatic rings. The lowest BCUT2D eigenvalue weighted by Crippen LogP contribution is -2.51. The Morgan fingerprint density at radius 2 is 1.16 bits per heavy atom. The van der Waals surface area contributed by atoms with E-state index in [1.54, 1.807) is 16.0 Å². The predicted octanol–water partition coefficient (Wildman–Crippen LogP) is 6.88. The number of carbonyl (C=O) groups is 4. The number of halogens is 1. The molecule has 2 aromatic carbocycles. The summed E-state index contributed by atoms with van der Waals surface area (Å²) < 4.78 is 9.50. The molecule has 4 heterocycles. The highest BCUT2D eigenvalue weighted by molar-refractivity contribution is 6.31. The summed E-state index contributed by atoms with van der Waals surface area (Å²) in [4.78, 5) is 70.6. The Labute approximate surface area is 325 Å². The molecular weight excluding hydrogens is 724 g/mol. The zero-order valence-electron chi connectivity index (χ0n) is 32.0. The maximum absolute atomic E-state index is 13.6. The van der Waals surface area contributed by atoms with Gasteiger partial charge in [-0.2, -0.15) is 0 Å². The molecule has 0 bridgehead atoms. The fourth-order valence-electron chi connectivity index (χ4n) is 7.43. The van der Waals surface area contributed by atoms with Gasteiger partial charge in [-0.25, -0.2) is 19.6 Å². The highest BCUT2D eigenvalue weighted by atomic mass is 35.5. The van der Waals surface area contributed by atoms with E-state index >= 15 is 0 Å². The molecule has 4 aromatic rings. The van der Waals surface area contributed by atoms with Crippen molar-refractivity contribution in [3.05, 3.63) is 71.5 Å². The number of hydrogen-bond acceptors (Lipinski definition) is 8. The second kappa shape index (κ2) is 17.0. The minimum absolute atomic E-state index is 0.111. The molecule has 4 N–H and O–H groups in total. The van der Waals surface area contributed by atoms with Crippen molar-refractivity contribution in [3.8, 4) is 33.6 Å². The summed E-state index contributed by atoms with van der Waals surface area (Å²) in [5.41, 5.74) is 5.37. The number of methoxy groups -OCH3 is 2. The van der Waals surface area contributed by atoms with Gasteiger partial charge in [-0.05, 0) is 54.2 Å². The largest absolute Gasteiger partial charge is 0.453 e. The SMILES string of the molecule is COC(=O)N[C@H](C(=O)N1CCC[C@H]1c1ncc(-c2ccc(-c3ccc(-c4[nH]c([C@@H]5CCCN5C(=O)[C@@H](NC(=O)OC)C(C)C)nc4Cl)cc3)cc2)[nH]1)C(C)C. The Hall–Kier alpha value is -5.37. The summed E-state index contributed by atoms with van der Waals surface area (Å²) in [7, 11) is 2.56. The first-order valence-corrected chi connectivity index (χ1v) is 19.1. The molecule has 2 aliphatic heterocycles. The van der Waals surface area contributed by atoms with Crippen molar-refractivity contribution < 1.29 is 28.7 Å². The Kier molecular flexibility index (Phi) is 12.1. The predicted molar refractivity (Wildman–Crippen MR) is 208 cm³/mol. The van der Waals surface area contributed by atoms with E-state index in [0.717, 1.165) is 53.6 Å². The van der Waals surface area contributed by atoms with Crippen LogP contribution in [-0.2, 0) is 19.1 Å². The van der Waals surface area contributed by atoms with E-state index in [9.17, 15) is 19.2 Å². The number of alkyl carbamates (subject to hydrolysis) is 2. The van der Waals surface area contributed by atoms with Crippen LogP contribution in [0.4, 0.5) is 9.59 Å². The number of imidazole rings is 2. The Morgan fingerprint density at radius 3 is 1.64 bits per heavy atom. The summed E-state index contributed by atoms with van der Waals surface area (Å²) >= 11 is 6.67. The topological polar surface area (TPSA) is 175 Å². The summed E-state index contributed by atoms with van der Waals surface area (Å²) in [6.45, 7) is 8.69. The maximum atomic E-state index is 13.6. The number of nitrogens with one attached hydrogen (secondary N) is 4. The van der Waals surface area contributed by atoms with Crippen LogP contribution < -0.4 is 10.6 Å². The molecule has 0 spiro atoms. The monoisotopic (exact) mass is 772 g/mol. The normalized spacial score (nSPS) is 18.1. The quantitative estimate of drug-likeness (QED) is 0.128. The highest BCUT2D eigenvalue weighted by Gasteiger charge is 2.39. The van der Waals surface area contributed by atoms with E-state index in [4.69, 9.17) is 21.1 Å². The highest BCUT2D eigenvalue weighted by Crippen LogP contribution is 2.37. The number of carbonyl (C=O) groups excluding carboxylic acids is 4. The molecule has 2 aromatic heterocycles. The number of aromatic nitrogens is 4. The number of amides is 4. The van der Waals surface area contributed by atoms with Gasteiger partial charge in [0.2, 0.25) is 11.8 Å². The minimum Gasteiger partial charge on any atom is -0.453 e. The van der Waals surface area contributed by atoms with Crippen molar-refractivity contribution in [2.24, 2.45) is 11.8 Å². The van der Waals surface area contributed by atoms with Crippen LogP contribution in [0.1, 0.15) is 77.1 Å². The van der Waals surface area contributed by atoms with Gasteiger partial charge in [0.05, 0.1) is 43.9 Å². The molecule has 4 atom stereocenters. The zero-order chi connectivity index (χ0) is 39.4. The first-order valence-electron chi connectivity index (χ1n) is 18.7. The van der Waals surface area contributed by atoms with Crippen LogP contribution in [-0.4, -0.2) is 93.1 Å². The summed E-state index contributed by atoms with van der Waals surface area (Å²) in [6, 6.07) is 14.3. The van der Waals surface area contributed by atoms with Crippen LogP contribution in [0.15, 0.2) is 54.7 Å². The number of benzene rings is 2. The van der Waals surface area contributed by atoms with Crippen LogP contribution in [0.2, 0.25) is 5.15 Å². The molecule has 292 valence electrons. The van der Waals surface area contributed by atoms with E-state index in [1.807, 2.05) is 64.1 Å². The molecule has 4 amide bonds. The third kappa shape index (κ3) is 8.49. The van der Waals surface area contributed by atoms with Crippen LogP contribution in [0.5, 0.6) is 0 Å². The van der Waals surface area contributed by atoms with Gasteiger partial charge < -0.3 is 39.9 Å². The Morgan fingerprint density at radius 1 is 0.709 bits per heavy atom. The van der Waals surface area contributed by atoms with Crippen molar-refractivity contribution in [1.82, 2.24) is 40.4 Å². The number of nitrogens with zero attached hydrogens (tertiary/aromatic N) is 4. The summed E-state index contributed by atoms with van der Waals surface area (Å²) in [6.07, 6.45) is 3.65. The molecule has 0 radical (unpaired) electrons. The molecule has 14 nitrogen and oxygen atoms in total. The first kappa shape index (κ1) is 39.3. The summed E-state index contributed by atoms with van der Waals surface area (Å²) in [5, 5.41) is 5.69. The van der Waals surface area contributed by atoms with Crippen molar-refractivity contribution >= 4 is 35.6 Å². The number of ether oxygens (including phenoxy) is 2. The average Bonchev–Trinajstić information content (AvgIpc) is 4.02. The third-order valence-corrected chi connectivity index (χ3v) is 10.7. The smallest absolute Gasteiger partial charge is 0.407 e.